The van der Waals surface area contributed by atoms with Gasteiger partial charge in [-0.15, -0.1) is 0 Å². The van der Waals surface area contributed by atoms with Crippen LogP contribution in [0.25, 0.3) is 0 Å². The van der Waals surface area contributed by atoms with E-state index in [1.807, 2.05) is 30.6 Å². The monoisotopic (exact) mass is 259 g/mol. The minimum absolute atomic E-state index is 0.546. The molecule has 2 heteroatoms. The van der Waals surface area contributed by atoms with Crippen molar-refractivity contribution in [3.63, 3.8) is 0 Å². The highest BCUT2D eigenvalue weighted by Gasteiger charge is 2.11. The van der Waals surface area contributed by atoms with Crippen LogP contribution in [0.3, 0.4) is 0 Å². The van der Waals surface area contributed by atoms with Gasteiger partial charge in [-0.1, -0.05) is 43.1 Å². The predicted molar refractivity (Wildman–Crippen MR) is 77.0 cm³/mol. The van der Waals surface area contributed by atoms with Crippen LogP contribution < -0.4 is 0 Å². The lowest BCUT2D eigenvalue weighted by Gasteiger charge is -2.16. The lowest BCUT2D eigenvalue weighted by molar-refractivity contribution is 0.608. The highest BCUT2D eigenvalue weighted by molar-refractivity contribution is 6.30. The molecule has 0 fully saturated rings. The Bertz CT molecular complexity index is 464. The van der Waals surface area contributed by atoms with Crippen LogP contribution in [-0.2, 0) is 6.42 Å². The molecule has 0 aliphatic rings. The summed E-state index contributed by atoms with van der Waals surface area (Å²) >= 11 is 5.92. The van der Waals surface area contributed by atoms with Crippen LogP contribution >= 0.6 is 11.6 Å². The van der Waals surface area contributed by atoms with Crippen molar-refractivity contribution in [1.82, 2.24) is 4.98 Å². The molecule has 1 nitrogen and oxygen atoms in total. The summed E-state index contributed by atoms with van der Waals surface area (Å²) in [6.07, 6.45) is 7.24. The molecule has 1 unspecified atom stereocenters. The first kappa shape index (κ1) is 13.1. The molecule has 0 N–H and O–H groups in total. The molecule has 1 aromatic carbocycles. The van der Waals surface area contributed by atoms with Gasteiger partial charge in [0.1, 0.15) is 0 Å². The van der Waals surface area contributed by atoms with Crippen molar-refractivity contribution in [2.45, 2.75) is 32.1 Å². The first-order chi connectivity index (χ1) is 8.79. The van der Waals surface area contributed by atoms with Gasteiger partial charge in [-0.25, -0.2) is 0 Å². The summed E-state index contributed by atoms with van der Waals surface area (Å²) in [4.78, 5) is 4.22. The van der Waals surface area contributed by atoms with Gasteiger partial charge in [-0.2, -0.15) is 0 Å². The Morgan fingerprint density at radius 3 is 2.56 bits per heavy atom. The average molecular weight is 260 g/mol. The molecule has 18 heavy (non-hydrogen) atoms. The number of aromatic nitrogens is 1. The van der Waals surface area contributed by atoms with E-state index in [1.165, 1.54) is 24.0 Å². The third kappa shape index (κ3) is 3.58. The van der Waals surface area contributed by atoms with Gasteiger partial charge in [0.05, 0.1) is 0 Å². The maximum absolute atomic E-state index is 5.92. The summed E-state index contributed by atoms with van der Waals surface area (Å²) in [5.41, 5.74) is 2.66. The van der Waals surface area contributed by atoms with Crippen LogP contribution in [0.15, 0.2) is 48.8 Å². The molecule has 0 saturated carbocycles. The summed E-state index contributed by atoms with van der Waals surface area (Å²) in [6.45, 7) is 2.23. The third-order valence-electron chi connectivity index (χ3n) is 3.19. The summed E-state index contributed by atoms with van der Waals surface area (Å²) in [6, 6.07) is 12.3. The van der Waals surface area contributed by atoms with Gasteiger partial charge < -0.3 is 0 Å². The summed E-state index contributed by atoms with van der Waals surface area (Å²) in [7, 11) is 0. The highest BCUT2D eigenvalue weighted by Crippen LogP contribution is 2.25. The zero-order valence-corrected chi connectivity index (χ0v) is 11.4. The molecule has 0 amide bonds. The number of rotatable bonds is 5. The van der Waals surface area contributed by atoms with Crippen molar-refractivity contribution in [2.75, 3.05) is 0 Å². The summed E-state index contributed by atoms with van der Waals surface area (Å²) in [5, 5.41) is 0.798. The van der Waals surface area contributed by atoms with Crippen LogP contribution in [0.5, 0.6) is 0 Å². The van der Waals surface area contributed by atoms with Crippen LogP contribution in [0, 0.1) is 0 Å². The lowest BCUT2D eigenvalue weighted by atomic mass is 9.89. The highest BCUT2D eigenvalue weighted by atomic mass is 35.5. The van der Waals surface area contributed by atoms with E-state index < -0.39 is 0 Å². The number of pyridine rings is 1. The van der Waals surface area contributed by atoms with E-state index in [-0.39, 0.29) is 0 Å². The van der Waals surface area contributed by atoms with Crippen LogP contribution in [0.2, 0.25) is 5.02 Å². The Kier molecular flexibility index (Phi) is 4.77. The summed E-state index contributed by atoms with van der Waals surface area (Å²) < 4.78 is 0. The second-order valence-electron chi connectivity index (χ2n) is 4.60. The van der Waals surface area contributed by atoms with Crippen LogP contribution in [0.1, 0.15) is 36.8 Å². The van der Waals surface area contributed by atoms with E-state index in [4.69, 9.17) is 11.6 Å². The normalized spacial score (nSPS) is 12.3. The fraction of sp³-hybridized carbons (Fsp3) is 0.312. The first-order valence-corrected chi connectivity index (χ1v) is 6.81. The molecule has 1 aromatic heterocycles. The maximum atomic E-state index is 5.92. The van der Waals surface area contributed by atoms with E-state index in [0.29, 0.717) is 5.92 Å². The number of halogens is 1. The maximum Gasteiger partial charge on any atom is 0.0406 e. The van der Waals surface area contributed by atoms with Crippen LogP contribution in [-0.4, -0.2) is 4.98 Å². The molecule has 0 bridgehead atoms. The first-order valence-electron chi connectivity index (χ1n) is 6.44. The Morgan fingerprint density at radius 1 is 1.17 bits per heavy atom. The number of hydrogen-bond acceptors (Lipinski definition) is 1. The van der Waals surface area contributed by atoms with Gasteiger partial charge in [0.25, 0.3) is 0 Å². The van der Waals surface area contributed by atoms with E-state index in [1.54, 1.807) is 0 Å². The van der Waals surface area contributed by atoms with Gasteiger partial charge in [-0.05, 0) is 48.1 Å². The van der Waals surface area contributed by atoms with E-state index >= 15 is 0 Å². The molecular formula is C16H18ClN. The third-order valence-corrected chi connectivity index (χ3v) is 3.44. The number of nitrogens with zero attached hydrogens (tertiary/aromatic N) is 1. The molecular weight excluding hydrogens is 242 g/mol. The van der Waals surface area contributed by atoms with Crippen molar-refractivity contribution < 1.29 is 0 Å². The fourth-order valence-corrected chi connectivity index (χ4v) is 2.38. The molecule has 1 atom stereocenters. The molecule has 0 aliphatic heterocycles. The number of benzene rings is 1. The Hall–Kier alpha value is -1.34. The molecule has 0 saturated heterocycles. The molecule has 0 spiro atoms. The van der Waals surface area contributed by atoms with Gasteiger partial charge >= 0.3 is 0 Å². The molecule has 0 radical (unpaired) electrons. The second-order valence-corrected chi connectivity index (χ2v) is 5.04. The SMILES string of the molecule is CCCC(Cc1ccc(Cl)cc1)c1cccnc1. The van der Waals surface area contributed by atoms with Gasteiger partial charge in [0, 0.05) is 17.4 Å². The minimum atomic E-state index is 0.546. The van der Waals surface area contributed by atoms with Crippen molar-refractivity contribution in [3.05, 3.63) is 64.9 Å². The topological polar surface area (TPSA) is 12.9 Å². The standard InChI is InChI=1S/C16H18ClN/c1-2-4-14(15-5-3-10-18-12-15)11-13-6-8-16(17)9-7-13/h3,5-10,12,14H,2,4,11H2,1H3. The molecule has 0 aliphatic carbocycles. The van der Waals surface area contributed by atoms with Gasteiger partial charge in [0.15, 0.2) is 0 Å². The van der Waals surface area contributed by atoms with Crippen molar-refractivity contribution in [1.29, 1.82) is 0 Å². The molecule has 2 rings (SSSR count). The van der Waals surface area contributed by atoms with Gasteiger partial charge in [-0.3, -0.25) is 4.98 Å². The van der Waals surface area contributed by atoms with E-state index in [9.17, 15) is 0 Å². The lowest BCUT2D eigenvalue weighted by Crippen LogP contribution is -2.03. The molecule has 94 valence electrons. The van der Waals surface area contributed by atoms with Crippen molar-refractivity contribution in [3.8, 4) is 0 Å². The van der Waals surface area contributed by atoms with E-state index in [0.717, 1.165) is 11.4 Å². The Morgan fingerprint density at radius 2 is 1.94 bits per heavy atom. The van der Waals surface area contributed by atoms with Crippen molar-refractivity contribution >= 4 is 11.6 Å². The van der Waals surface area contributed by atoms with Crippen LogP contribution in [0.4, 0.5) is 0 Å². The zero-order chi connectivity index (χ0) is 12.8. The minimum Gasteiger partial charge on any atom is -0.264 e. The smallest absolute Gasteiger partial charge is 0.0406 e. The van der Waals surface area contributed by atoms with Crippen molar-refractivity contribution in [2.24, 2.45) is 0 Å². The predicted octanol–water partition coefficient (Wildman–Crippen LogP) is 4.86. The Balaban J connectivity index is 2.14. The summed E-state index contributed by atoms with van der Waals surface area (Å²) in [5.74, 6) is 0.546. The largest absolute Gasteiger partial charge is 0.264 e. The van der Waals surface area contributed by atoms with Gasteiger partial charge in [0.2, 0.25) is 0 Å². The zero-order valence-electron chi connectivity index (χ0n) is 10.6. The fourth-order valence-electron chi connectivity index (χ4n) is 2.26. The quantitative estimate of drug-likeness (QED) is 0.747. The average Bonchev–Trinajstić information content (AvgIpc) is 2.42. The Labute approximate surface area is 114 Å². The molecule has 1 heterocycles. The second kappa shape index (κ2) is 6.55. The molecule has 2 aromatic rings. The number of hydrogen-bond donors (Lipinski definition) is 0. The van der Waals surface area contributed by atoms with E-state index in [2.05, 4.69) is 30.1 Å².